The molecule has 4 rings (SSSR count). The molecule has 31 heavy (non-hydrogen) atoms. The Labute approximate surface area is 183 Å². The van der Waals surface area contributed by atoms with Crippen LogP contribution in [0.25, 0.3) is 10.8 Å². The van der Waals surface area contributed by atoms with E-state index < -0.39 is 0 Å². The van der Waals surface area contributed by atoms with Gasteiger partial charge in [0.15, 0.2) is 17.9 Å². The highest BCUT2D eigenvalue weighted by Crippen LogP contribution is 2.34. The smallest absolute Gasteiger partial charge is 0.197 e. The van der Waals surface area contributed by atoms with E-state index in [-0.39, 0.29) is 0 Å². The number of aromatic nitrogens is 1. The zero-order chi connectivity index (χ0) is 21.8. The van der Waals surface area contributed by atoms with E-state index in [1.807, 2.05) is 55.5 Å². The standard InChI is InChI=1S/C27H25N3O/c1-19-23-15-27(31-3)26(29-17-21-10-6-4-7-11-21)14-24(23)25(16-28)20(2)30(19)18-22-12-8-5-9-13-22/h4-15H,17-18H2,1-3H3/p+1. The molecule has 0 saturated heterocycles. The number of fused-ring (bicyclic) bond motifs is 1. The lowest BCUT2D eigenvalue weighted by molar-refractivity contribution is -0.698. The van der Waals surface area contributed by atoms with Crippen LogP contribution in [0.5, 0.6) is 5.75 Å². The van der Waals surface area contributed by atoms with Crippen LogP contribution in [0.4, 0.5) is 5.69 Å². The summed E-state index contributed by atoms with van der Waals surface area (Å²) in [5, 5.41) is 15.5. The van der Waals surface area contributed by atoms with Gasteiger partial charge in [-0.05, 0) is 17.7 Å². The first-order chi connectivity index (χ1) is 15.1. The Morgan fingerprint density at radius 3 is 2.13 bits per heavy atom. The van der Waals surface area contributed by atoms with Crippen molar-refractivity contribution in [2.75, 3.05) is 12.4 Å². The lowest BCUT2D eigenvalue weighted by atomic mass is 10.00. The van der Waals surface area contributed by atoms with E-state index in [1.54, 1.807) is 7.11 Å². The number of hydrogen-bond acceptors (Lipinski definition) is 3. The fourth-order valence-corrected chi connectivity index (χ4v) is 4.06. The summed E-state index contributed by atoms with van der Waals surface area (Å²) in [5.41, 5.74) is 6.05. The van der Waals surface area contributed by atoms with Crippen LogP contribution in [0.15, 0.2) is 72.8 Å². The van der Waals surface area contributed by atoms with Crippen LogP contribution < -0.4 is 14.6 Å². The molecule has 4 heteroatoms. The third-order valence-electron chi connectivity index (χ3n) is 5.79. The molecule has 0 bridgehead atoms. The van der Waals surface area contributed by atoms with Crippen molar-refractivity contribution in [2.24, 2.45) is 0 Å². The summed E-state index contributed by atoms with van der Waals surface area (Å²) in [5.74, 6) is 0.769. The van der Waals surface area contributed by atoms with E-state index in [4.69, 9.17) is 4.74 Å². The minimum Gasteiger partial charge on any atom is -0.495 e. The molecule has 0 spiro atoms. The first-order valence-corrected chi connectivity index (χ1v) is 10.4. The lowest BCUT2D eigenvalue weighted by Gasteiger charge is -2.15. The topological polar surface area (TPSA) is 48.9 Å². The van der Waals surface area contributed by atoms with Gasteiger partial charge in [0.25, 0.3) is 0 Å². The fourth-order valence-electron chi connectivity index (χ4n) is 4.06. The average Bonchev–Trinajstić information content (AvgIpc) is 2.81. The Kier molecular flexibility index (Phi) is 5.86. The van der Waals surface area contributed by atoms with Gasteiger partial charge in [0.05, 0.1) is 18.2 Å². The number of hydrogen-bond donors (Lipinski definition) is 1. The largest absolute Gasteiger partial charge is 0.495 e. The monoisotopic (exact) mass is 408 g/mol. The molecule has 1 N–H and O–H groups in total. The third-order valence-corrected chi connectivity index (χ3v) is 5.79. The number of nitrogens with one attached hydrogen (secondary N) is 1. The van der Waals surface area contributed by atoms with E-state index in [1.165, 1.54) is 11.1 Å². The number of anilines is 1. The number of ether oxygens (including phenoxy) is 1. The molecule has 0 amide bonds. The number of benzene rings is 3. The molecule has 3 aromatic carbocycles. The SMILES string of the molecule is COc1cc2c(C)[n+](Cc3ccccc3)c(C)c(C#N)c2cc1NCc1ccccc1. The normalized spacial score (nSPS) is 10.6. The maximum absolute atomic E-state index is 10.0. The van der Waals surface area contributed by atoms with E-state index in [0.717, 1.165) is 40.1 Å². The summed E-state index contributed by atoms with van der Waals surface area (Å²) in [7, 11) is 1.68. The second kappa shape index (κ2) is 8.89. The van der Waals surface area contributed by atoms with E-state index in [0.29, 0.717) is 12.1 Å². The minimum absolute atomic E-state index is 0.684. The number of nitrogens with zero attached hydrogens (tertiary/aromatic N) is 2. The predicted octanol–water partition coefficient (Wildman–Crippen LogP) is 5.28. The van der Waals surface area contributed by atoms with Gasteiger partial charge in [-0.2, -0.15) is 9.83 Å². The van der Waals surface area contributed by atoms with E-state index in [2.05, 4.69) is 47.1 Å². The van der Waals surface area contributed by atoms with Crippen molar-refractivity contribution in [2.45, 2.75) is 26.9 Å². The lowest BCUT2D eigenvalue weighted by Crippen LogP contribution is -2.42. The molecule has 0 atom stereocenters. The molecule has 0 saturated carbocycles. The van der Waals surface area contributed by atoms with Crippen molar-refractivity contribution < 1.29 is 9.30 Å². The first-order valence-electron chi connectivity index (χ1n) is 10.4. The van der Waals surface area contributed by atoms with Crippen LogP contribution >= 0.6 is 0 Å². The molecule has 0 aliphatic rings. The van der Waals surface area contributed by atoms with Gasteiger partial charge >= 0.3 is 0 Å². The van der Waals surface area contributed by atoms with Crippen molar-refractivity contribution in [3.05, 3.63) is 101 Å². The Morgan fingerprint density at radius 2 is 1.52 bits per heavy atom. The van der Waals surface area contributed by atoms with Crippen LogP contribution in [0.3, 0.4) is 0 Å². The van der Waals surface area contributed by atoms with Gasteiger partial charge in [0, 0.05) is 31.3 Å². The van der Waals surface area contributed by atoms with Crippen molar-refractivity contribution in [3.63, 3.8) is 0 Å². The van der Waals surface area contributed by atoms with Gasteiger partial charge in [0.1, 0.15) is 17.4 Å². The van der Waals surface area contributed by atoms with Crippen LogP contribution in [0.2, 0.25) is 0 Å². The van der Waals surface area contributed by atoms with Crippen molar-refractivity contribution in [1.29, 1.82) is 5.26 Å². The highest BCUT2D eigenvalue weighted by atomic mass is 16.5. The zero-order valence-corrected chi connectivity index (χ0v) is 18.1. The highest BCUT2D eigenvalue weighted by Gasteiger charge is 2.23. The Balaban J connectivity index is 1.81. The number of pyridine rings is 1. The second-order valence-electron chi connectivity index (χ2n) is 7.67. The zero-order valence-electron chi connectivity index (χ0n) is 18.1. The average molecular weight is 409 g/mol. The summed E-state index contributed by atoms with van der Waals surface area (Å²) in [6.45, 7) is 5.54. The second-order valence-corrected chi connectivity index (χ2v) is 7.67. The summed E-state index contributed by atoms with van der Waals surface area (Å²) in [6, 6.07) is 27.1. The quantitative estimate of drug-likeness (QED) is 0.441. The summed E-state index contributed by atoms with van der Waals surface area (Å²) >= 11 is 0. The summed E-state index contributed by atoms with van der Waals surface area (Å²) < 4.78 is 7.92. The van der Waals surface area contributed by atoms with Crippen molar-refractivity contribution in [1.82, 2.24) is 0 Å². The van der Waals surface area contributed by atoms with Gasteiger partial charge in [-0.1, -0.05) is 60.7 Å². The number of aryl methyl sites for hydroxylation is 1. The molecule has 154 valence electrons. The van der Waals surface area contributed by atoms with Crippen LogP contribution in [0.1, 0.15) is 28.1 Å². The number of methoxy groups -OCH3 is 1. The van der Waals surface area contributed by atoms with Crippen molar-refractivity contribution in [3.8, 4) is 11.8 Å². The van der Waals surface area contributed by atoms with Crippen LogP contribution in [0, 0.1) is 25.2 Å². The fraction of sp³-hybridized carbons (Fsp3) is 0.185. The van der Waals surface area contributed by atoms with Gasteiger partial charge in [-0.25, -0.2) is 0 Å². The molecule has 0 fully saturated rings. The van der Waals surface area contributed by atoms with Crippen LogP contribution in [-0.4, -0.2) is 7.11 Å². The number of rotatable bonds is 6. The molecule has 0 radical (unpaired) electrons. The van der Waals surface area contributed by atoms with Gasteiger partial charge < -0.3 is 10.1 Å². The predicted molar refractivity (Wildman–Crippen MR) is 124 cm³/mol. The summed E-state index contributed by atoms with van der Waals surface area (Å²) in [4.78, 5) is 0. The molecule has 0 aliphatic heterocycles. The Hall–Kier alpha value is -3.84. The molecule has 0 unspecified atom stereocenters. The molecule has 1 heterocycles. The summed E-state index contributed by atoms with van der Waals surface area (Å²) in [6.07, 6.45) is 0. The van der Waals surface area contributed by atoms with Crippen LogP contribution in [-0.2, 0) is 13.1 Å². The van der Waals surface area contributed by atoms with E-state index in [9.17, 15) is 5.26 Å². The molecule has 4 aromatic rings. The molecule has 4 nitrogen and oxygen atoms in total. The first kappa shape index (κ1) is 20.4. The third kappa shape index (κ3) is 4.08. The molecule has 0 aliphatic carbocycles. The van der Waals surface area contributed by atoms with Crippen molar-refractivity contribution >= 4 is 16.5 Å². The Bertz CT molecular complexity index is 1260. The maximum Gasteiger partial charge on any atom is 0.197 e. The molecule has 1 aromatic heterocycles. The van der Waals surface area contributed by atoms with Gasteiger partial charge in [-0.3, -0.25) is 0 Å². The van der Waals surface area contributed by atoms with Gasteiger partial charge in [-0.15, -0.1) is 0 Å². The van der Waals surface area contributed by atoms with E-state index >= 15 is 0 Å². The minimum atomic E-state index is 0.684. The molecular formula is C27H26N3O+. The highest BCUT2D eigenvalue weighted by molar-refractivity contribution is 5.94. The van der Waals surface area contributed by atoms with Gasteiger partial charge in [0.2, 0.25) is 0 Å². The molecular weight excluding hydrogens is 382 g/mol. The maximum atomic E-state index is 10.0. The Morgan fingerprint density at radius 1 is 0.871 bits per heavy atom. The number of nitriles is 1.